The third-order valence-corrected chi connectivity index (χ3v) is 5.11. The summed E-state index contributed by atoms with van der Waals surface area (Å²) in [5, 5.41) is 12.0. The van der Waals surface area contributed by atoms with Gasteiger partial charge in [-0.2, -0.15) is 0 Å². The van der Waals surface area contributed by atoms with Gasteiger partial charge in [-0.25, -0.2) is 4.79 Å². The first kappa shape index (κ1) is 21.7. The number of carbonyl (C=O) groups excluding carboxylic acids is 1. The molecule has 8 heteroatoms. The molecular formula is C22H27NO7. The zero-order valence-electron chi connectivity index (χ0n) is 17.7. The van der Waals surface area contributed by atoms with E-state index in [0.717, 1.165) is 24.0 Å². The van der Waals surface area contributed by atoms with Crippen LogP contribution in [0.15, 0.2) is 21.3 Å². The molecule has 2 aromatic rings. The Balaban J connectivity index is 2.04. The summed E-state index contributed by atoms with van der Waals surface area (Å²) >= 11 is 0. The number of hydrogen-bond acceptors (Lipinski definition) is 6. The number of carboxylic acid groups (broad SMARTS) is 1. The fraction of sp³-hybridized carbons (Fsp3) is 0.500. The predicted molar refractivity (Wildman–Crippen MR) is 110 cm³/mol. The summed E-state index contributed by atoms with van der Waals surface area (Å²) in [5.74, 6) is -0.770. The Morgan fingerprint density at radius 3 is 2.73 bits per heavy atom. The van der Waals surface area contributed by atoms with Crippen molar-refractivity contribution in [1.82, 2.24) is 5.32 Å². The van der Waals surface area contributed by atoms with Crippen LogP contribution in [0.25, 0.3) is 11.0 Å². The second kappa shape index (κ2) is 8.38. The van der Waals surface area contributed by atoms with Crippen molar-refractivity contribution >= 4 is 22.8 Å². The van der Waals surface area contributed by atoms with E-state index < -0.39 is 23.5 Å². The molecule has 162 valence electrons. The lowest BCUT2D eigenvalue weighted by atomic mass is 9.91. The van der Waals surface area contributed by atoms with Crippen LogP contribution in [-0.2, 0) is 22.4 Å². The fourth-order valence-corrected chi connectivity index (χ4v) is 3.59. The molecule has 1 aromatic carbocycles. The first-order valence-corrected chi connectivity index (χ1v) is 10.1. The van der Waals surface area contributed by atoms with Crippen molar-refractivity contribution < 1.29 is 28.6 Å². The summed E-state index contributed by atoms with van der Waals surface area (Å²) in [4.78, 5) is 35.2. The molecule has 0 aliphatic carbocycles. The Labute approximate surface area is 174 Å². The molecule has 1 aromatic heterocycles. The summed E-state index contributed by atoms with van der Waals surface area (Å²) in [5.41, 5.74) is 1.20. The van der Waals surface area contributed by atoms with E-state index in [0.29, 0.717) is 35.3 Å². The van der Waals surface area contributed by atoms with E-state index in [9.17, 15) is 14.4 Å². The molecule has 3 rings (SSSR count). The standard InChI is InChI=1S/C22H27NO7/c1-5-6-13-9-18(25)29-20-14-7-8-22(3,4)30-15(14)10-16(19(13)20)28-11-17(24)23-12(2)21(26)27/h9-10,12H,5-8,11H2,1-4H3,(H,23,24)(H,26,27)/t12-/m1/s1. The van der Waals surface area contributed by atoms with Gasteiger partial charge in [-0.1, -0.05) is 13.3 Å². The summed E-state index contributed by atoms with van der Waals surface area (Å²) in [6.45, 7) is 6.96. The van der Waals surface area contributed by atoms with Gasteiger partial charge in [0.15, 0.2) is 6.61 Å². The van der Waals surface area contributed by atoms with Crippen LogP contribution in [0.4, 0.5) is 0 Å². The van der Waals surface area contributed by atoms with Gasteiger partial charge in [0.1, 0.15) is 28.7 Å². The molecule has 1 amide bonds. The van der Waals surface area contributed by atoms with Gasteiger partial charge in [0.25, 0.3) is 5.91 Å². The Bertz CT molecular complexity index is 1040. The lowest BCUT2D eigenvalue weighted by molar-refractivity contribution is -0.141. The molecule has 0 bridgehead atoms. The molecule has 0 saturated carbocycles. The summed E-state index contributed by atoms with van der Waals surface area (Å²) < 4.78 is 17.4. The zero-order chi connectivity index (χ0) is 22.1. The van der Waals surface area contributed by atoms with Gasteiger partial charge in [-0.15, -0.1) is 0 Å². The van der Waals surface area contributed by atoms with Gasteiger partial charge < -0.3 is 24.3 Å². The number of fused-ring (bicyclic) bond motifs is 3. The highest BCUT2D eigenvalue weighted by atomic mass is 16.5. The van der Waals surface area contributed by atoms with E-state index in [1.54, 1.807) is 6.07 Å². The Morgan fingerprint density at radius 2 is 2.07 bits per heavy atom. The fourth-order valence-electron chi connectivity index (χ4n) is 3.59. The maximum atomic E-state index is 12.2. The SMILES string of the molecule is CCCc1cc(=O)oc2c3c(cc(OCC(=O)N[C@H](C)C(=O)O)c12)OC(C)(C)CC3. The third-order valence-electron chi connectivity index (χ3n) is 5.11. The molecule has 8 nitrogen and oxygen atoms in total. The van der Waals surface area contributed by atoms with E-state index >= 15 is 0 Å². The van der Waals surface area contributed by atoms with Gasteiger partial charge in [0, 0.05) is 17.7 Å². The van der Waals surface area contributed by atoms with E-state index in [1.165, 1.54) is 13.0 Å². The van der Waals surface area contributed by atoms with Crippen molar-refractivity contribution in [3.05, 3.63) is 33.7 Å². The normalized spacial score (nSPS) is 15.7. The number of hydrogen-bond donors (Lipinski definition) is 2. The summed E-state index contributed by atoms with van der Waals surface area (Å²) in [6, 6.07) is 2.15. The Hall–Kier alpha value is -3.03. The summed E-state index contributed by atoms with van der Waals surface area (Å²) in [6.07, 6.45) is 2.92. The molecule has 0 saturated heterocycles. The van der Waals surface area contributed by atoms with Crippen LogP contribution in [0.5, 0.6) is 11.5 Å². The quantitative estimate of drug-likeness (QED) is 0.666. The number of amides is 1. The van der Waals surface area contributed by atoms with Crippen molar-refractivity contribution in [2.24, 2.45) is 0 Å². The van der Waals surface area contributed by atoms with E-state index in [-0.39, 0.29) is 12.2 Å². The molecule has 2 heterocycles. The molecule has 0 fully saturated rings. The van der Waals surface area contributed by atoms with Gasteiger partial charge >= 0.3 is 11.6 Å². The van der Waals surface area contributed by atoms with Crippen molar-refractivity contribution in [3.8, 4) is 11.5 Å². The monoisotopic (exact) mass is 417 g/mol. The van der Waals surface area contributed by atoms with Crippen LogP contribution in [0.3, 0.4) is 0 Å². The minimum atomic E-state index is -1.13. The number of nitrogens with one attached hydrogen (secondary N) is 1. The third kappa shape index (κ3) is 4.58. The topological polar surface area (TPSA) is 115 Å². The number of rotatable bonds is 7. The first-order valence-electron chi connectivity index (χ1n) is 10.1. The van der Waals surface area contributed by atoms with Gasteiger partial charge in [0.05, 0.1) is 5.39 Å². The number of aliphatic carboxylic acids is 1. The molecular weight excluding hydrogens is 390 g/mol. The minimum absolute atomic E-state index is 0.367. The average Bonchev–Trinajstić information content (AvgIpc) is 2.64. The number of aryl methyl sites for hydroxylation is 2. The largest absolute Gasteiger partial charge is 0.487 e. The number of carbonyl (C=O) groups is 2. The van der Waals surface area contributed by atoms with E-state index in [2.05, 4.69) is 5.32 Å². The number of benzene rings is 1. The summed E-state index contributed by atoms with van der Waals surface area (Å²) in [7, 11) is 0. The second-order valence-electron chi connectivity index (χ2n) is 8.17. The maximum absolute atomic E-state index is 12.2. The van der Waals surface area contributed by atoms with Gasteiger partial charge in [0.2, 0.25) is 0 Å². The molecule has 0 radical (unpaired) electrons. The number of carboxylic acids is 1. The van der Waals surface area contributed by atoms with Crippen LogP contribution in [0.1, 0.15) is 51.7 Å². The first-order chi connectivity index (χ1) is 14.1. The number of ether oxygens (including phenoxy) is 2. The van der Waals surface area contributed by atoms with E-state index in [1.807, 2.05) is 20.8 Å². The van der Waals surface area contributed by atoms with Crippen LogP contribution in [0.2, 0.25) is 0 Å². The van der Waals surface area contributed by atoms with Crippen molar-refractivity contribution in [2.75, 3.05) is 6.61 Å². The van der Waals surface area contributed by atoms with Gasteiger partial charge in [-0.05, 0) is 45.6 Å². The highest BCUT2D eigenvalue weighted by molar-refractivity contribution is 5.92. The molecule has 1 aliphatic rings. The van der Waals surface area contributed by atoms with Crippen molar-refractivity contribution in [2.45, 2.75) is 65.0 Å². The predicted octanol–water partition coefficient (Wildman–Crippen LogP) is 2.82. The Morgan fingerprint density at radius 1 is 1.33 bits per heavy atom. The van der Waals surface area contributed by atoms with Crippen molar-refractivity contribution in [1.29, 1.82) is 0 Å². The smallest absolute Gasteiger partial charge is 0.336 e. The van der Waals surface area contributed by atoms with Crippen LogP contribution in [0, 0.1) is 0 Å². The Kier molecular flexibility index (Phi) is 6.05. The molecule has 0 unspecified atom stereocenters. The maximum Gasteiger partial charge on any atom is 0.336 e. The molecule has 30 heavy (non-hydrogen) atoms. The van der Waals surface area contributed by atoms with E-state index in [4.69, 9.17) is 19.0 Å². The average molecular weight is 417 g/mol. The lowest BCUT2D eigenvalue weighted by Gasteiger charge is -2.33. The highest BCUT2D eigenvalue weighted by Gasteiger charge is 2.31. The molecule has 0 spiro atoms. The zero-order valence-corrected chi connectivity index (χ0v) is 17.7. The second-order valence-corrected chi connectivity index (χ2v) is 8.17. The lowest BCUT2D eigenvalue weighted by Crippen LogP contribution is -2.40. The highest BCUT2D eigenvalue weighted by Crippen LogP contribution is 2.43. The molecule has 1 atom stereocenters. The van der Waals surface area contributed by atoms with Crippen LogP contribution in [-0.4, -0.2) is 35.2 Å². The molecule has 2 N–H and O–H groups in total. The van der Waals surface area contributed by atoms with Gasteiger partial charge in [-0.3, -0.25) is 9.59 Å². The van der Waals surface area contributed by atoms with Crippen LogP contribution < -0.4 is 20.4 Å². The molecule has 1 aliphatic heterocycles. The minimum Gasteiger partial charge on any atom is -0.487 e. The van der Waals surface area contributed by atoms with Crippen molar-refractivity contribution in [3.63, 3.8) is 0 Å². The van der Waals surface area contributed by atoms with Crippen LogP contribution >= 0.6 is 0 Å².